The van der Waals surface area contributed by atoms with E-state index < -0.39 is 11.6 Å². The van der Waals surface area contributed by atoms with Crippen molar-refractivity contribution in [2.75, 3.05) is 0 Å². The fraction of sp³-hybridized carbons (Fsp3) is 0.467. The molecule has 0 saturated heterocycles. The molecule has 0 nitrogen and oxygen atoms in total. The Kier molecular flexibility index (Phi) is 9.71. The van der Waals surface area contributed by atoms with Crippen molar-refractivity contribution < 1.29 is 8.78 Å². The first-order valence-electron chi connectivity index (χ1n) is 12.5. The molecule has 0 spiro atoms. The van der Waals surface area contributed by atoms with Crippen molar-refractivity contribution in [1.82, 2.24) is 0 Å². The normalized spacial score (nSPS) is 16.5. The standard InChI is InChI=1S/C30H38F2/c1-3-5-7-8-10-11-23-13-15-24(16-14-23)25-17-19-26(20-18-25)28-22-21-27(12-9-6-4-2)29(31)30(28)32/h7-8,13-16,19,21-22,25H,3-6,9-12,17-18,20H2,1-2H3/b8-7+. The van der Waals surface area contributed by atoms with Gasteiger partial charge in [0.2, 0.25) is 0 Å². The second-order valence-corrected chi connectivity index (χ2v) is 9.10. The fourth-order valence-electron chi connectivity index (χ4n) is 4.59. The largest absolute Gasteiger partial charge is 0.203 e. The molecule has 0 radical (unpaired) electrons. The summed E-state index contributed by atoms with van der Waals surface area (Å²) >= 11 is 0. The Morgan fingerprint density at radius 2 is 1.62 bits per heavy atom. The molecule has 1 aliphatic rings. The zero-order valence-corrected chi connectivity index (χ0v) is 19.8. The molecule has 0 N–H and O–H groups in total. The molecule has 2 heteroatoms. The lowest BCUT2D eigenvalue weighted by atomic mass is 9.82. The summed E-state index contributed by atoms with van der Waals surface area (Å²) in [5.74, 6) is -0.860. The maximum atomic E-state index is 14.8. The third-order valence-electron chi connectivity index (χ3n) is 6.64. The SMILES string of the molecule is CCC/C=C/CCc1ccc(C2CC=C(c3ccc(CCCCC)c(F)c3F)CC2)cc1. The Hall–Kier alpha value is -2.22. The molecule has 0 heterocycles. The molecule has 0 amide bonds. The van der Waals surface area contributed by atoms with Crippen LogP contribution in [0.4, 0.5) is 8.78 Å². The van der Waals surface area contributed by atoms with Crippen LogP contribution in [-0.4, -0.2) is 0 Å². The lowest BCUT2D eigenvalue weighted by Crippen LogP contribution is -2.06. The summed E-state index contributed by atoms with van der Waals surface area (Å²) in [7, 11) is 0. The Balaban J connectivity index is 1.59. The summed E-state index contributed by atoms with van der Waals surface area (Å²) in [6.45, 7) is 4.32. The van der Waals surface area contributed by atoms with Crippen LogP contribution in [0.3, 0.4) is 0 Å². The highest BCUT2D eigenvalue weighted by Gasteiger charge is 2.21. The lowest BCUT2D eigenvalue weighted by molar-refractivity contribution is 0.492. The van der Waals surface area contributed by atoms with Crippen LogP contribution in [-0.2, 0) is 12.8 Å². The quantitative estimate of drug-likeness (QED) is 0.243. The number of hydrogen-bond donors (Lipinski definition) is 0. The second-order valence-electron chi connectivity index (χ2n) is 9.10. The number of hydrogen-bond acceptors (Lipinski definition) is 0. The minimum atomic E-state index is -0.666. The van der Waals surface area contributed by atoms with E-state index >= 15 is 0 Å². The molecule has 0 saturated carbocycles. The third-order valence-corrected chi connectivity index (χ3v) is 6.64. The van der Waals surface area contributed by atoms with Gasteiger partial charge in [-0.15, -0.1) is 0 Å². The van der Waals surface area contributed by atoms with Crippen LogP contribution in [0.1, 0.15) is 99.8 Å². The van der Waals surface area contributed by atoms with Crippen molar-refractivity contribution in [3.8, 4) is 0 Å². The van der Waals surface area contributed by atoms with Gasteiger partial charge in [-0.05, 0) is 79.5 Å². The van der Waals surface area contributed by atoms with Gasteiger partial charge in [-0.1, -0.05) is 87.7 Å². The summed E-state index contributed by atoms with van der Waals surface area (Å²) in [6, 6.07) is 12.6. The molecule has 3 rings (SSSR count). The molecule has 32 heavy (non-hydrogen) atoms. The molecular weight excluding hydrogens is 398 g/mol. The number of halogens is 2. The predicted octanol–water partition coefficient (Wildman–Crippen LogP) is 9.34. The summed E-state index contributed by atoms with van der Waals surface area (Å²) in [4.78, 5) is 0. The van der Waals surface area contributed by atoms with Crippen molar-refractivity contribution in [2.45, 2.75) is 90.4 Å². The van der Waals surface area contributed by atoms with Gasteiger partial charge in [0.15, 0.2) is 11.6 Å². The molecular formula is C30H38F2. The second kappa shape index (κ2) is 12.7. The van der Waals surface area contributed by atoms with Gasteiger partial charge < -0.3 is 0 Å². The van der Waals surface area contributed by atoms with Crippen LogP contribution in [0, 0.1) is 11.6 Å². The Labute approximate surface area is 193 Å². The molecule has 172 valence electrons. The van der Waals surface area contributed by atoms with Gasteiger partial charge in [-0.2, -0.15) is 0 Å². The van der Waals surface area contributed by atoms with Crippen LogP contribution in [0.5, 0.6) is 0 Å². The highest BCUT2D eigenvalue weighted by atomic mass is 19.2. The average molecular weight is 437 g/mol. The average Bonchev–Trinajstić information content (AvgIpc) is 2.82. The van der Waals surface area contributed by atoms with Gasteiger partial charge in [-0.3, -0.25) is 0 Å². The van der Waals surface area contributed by atoms with E-state index in [9.17, 15) is 8.78 Å². The molecule has 0 bridgehead atoms. The number of aryl methyl sites for hydroxylation is 2. The molecule has 0 aromatic heterocycles. The Morgan fingerprint density at radius 1 is 0.844 bits per heavy atom. The lowest BCUT2D eigenvalue weighted by Gasteiger charge is -2.23. The monoisotopic (exact) mass is 436 g/mol. The van der Waals surface area contributed by atoms with E-state index in [0.717, 1.165) is 63.4 Å². The summed E-state index contributed by atoms with van der Waals surface area (Å²) in [5, 5.41) is 0. The molecule has 2 aromatic carbocycles. The molecule has 0 fully saturated rings. The van der Waals surface area contributed by atoms with Gasteiger partial charge in [0.25, 0.3) is 0 Å². The first-order chi connectivity index (χ1) is 15.6. The molecule has 1 unspecified atom stereocenters. The number of allylic oxidation sites excluding steroid dienone is 4. The van der Waals surface area contributed by atoms with Crippen molar-refractivity contribution in [1.29, 1.82) is 0 Å². The van der Waals surface area contributed by atoms with Crippen molar-refractivity contribution >= 4 is 5.57 Å². The molecule has 1 atom stereocenters. The van der Waals surface area contributed by atoms with Gasteiger partial charge in [-0.25, -0.2) is 8.78 Å². The first kappa shape index (κ1) is 24.4. The van der Waals surface area contributed by atoms with Crippen LogP contribution >= 0.6 is 0 Å². The van der Waals surface area contributed by atoms with Crippen molar-refractivity contribution in [2.24, 2.45) is 0 Å². The first-order valence-corrected chi connectivity index (χ1v) is 12.5. The molecule has 1 aliphatic carbocycles. The van der Waals surface area contributed by atoms with E-state index in [1.54, 1.807) is 12.1 Å². The number of unbranched alkanes of at least 4 members (excludes halogenated alkanes) is 3. The van der Waals surface area contributed by atoms with E-state index in [1.807, 2.05) is 0 Å². The van der Waals surface area contributed by atoms with Gasteiger partial charge in [0.05, 0.1) is 0 Å². The zero-order chi connectivity index (χ0) is 22.8. The topological polar surface area (TPSA) is 0 Å². The van der Waals surface area contributed by atoms with E-state index in [1.165, 1.54) is 17.5 Å². The van der Waals surface area contributed by atoms with Crippen molar-refractivity contribution in [3.63, 3.8) is 0 Å². The fourth-order valence-corrected chi connectivity index (χ4v) is 4.59. The van der Waals surface area contributed by atoms with E-state index in [-0.39, 0.29) is 0 Å². The Morgan fingerprint density at radius 3 is 2.31 bits per heavy atom. The zero-order valence-electron chi connectivity index (χ0n) is 19.8. The third kappa shape index (κ3) is 6.64. The van der Waals surface area contributed by atoms with Gasteiger partial charge in [0.1, 0.15) is 0 Å². The van der Waals surface area contributed by atoms with Crippen LogP contribution < -0.4 is 0 Å². The van der Waals surface area contributed by atoms with Gasteiger partial charge in [0, 0.05) is 5.56 Å². The highest BCUT2D eigenvalue weighted by Crippen LogP contribution is 2.37. The summed E-state index contributed by atoms with van der Waals surface area (Å²) in [6.07, 6.45) is 17.5. The summed E-state index contributed by atoms with van der Waals surface area (Å²) < 4.78 is 29.3. The van der Waals surface area contributed by atoms with E-state index in [4.69, 9.17) is 0 Å². The van der Waals surface area contributed by atoms with Crippen LogP contribution in [0.15, 0.2) is 54.6 Å². The number of rotatable bonds is 11. The van der Waals surface area contributed by atoms with Gasteiger partial charge >= 0.3 is 0 Å². The van der Waals surface area contributed by atoms with Crippen LogP contribution in [0.25, 0.3) is 5.57 Å². The predicted molar refractivity (Wildman–Crippen MR) is 133 cm³/mol. The van der Waals surface area contributed by atoms with E-state index in [2.05, 4.69) is 56.3 Å². The molecule has 2 aromatic rings. The Bertz CT molecular complexity index is 905. The highest BCUT2D eigenvalue weighted by molar-refractivity contribution is 5.67. The minimum Gasteiger partial charge on any atom is -0.203 e. The minimum absolute atomic E-state index is 0.451. The maximum absolute atomic E-state index is 14.8. The maximum Gasteiger partial charge on any atom is 0.166 e. The smallest absolute Gasteiger partial charge is 0.166 e. The van der Waals surface area contributed by atoms with E-state index in [0.29, 0.717) is 23.5 Å². The molecule has 0 aliphatic heterocycles. The van der Waals surface area contributed by atoms with Crippen LogP contribution in [0.2, 0.25) is 0 Å². The van der Waals surface area contributed by atoms with Crippen molar-refractivity contribution in [3.05, 3.63) is 88.5 Å². The number of benzene rings is 2. The summed E-state index contributed by atoms with van der Waals surface area (Å²) in [5.41, 5.74) is 4.64.